The molecular formula is C13H24N4O. The van der Waals surface area contributed by atoms with Crippen molar-refractivity contribution in [3.8, 4) is 0 Å². The van der Waals surface area contributed by atoms with Gasteiger partial charge in [0.05, 0.1) is 12.2 Å². The van der Waals surface area contributed by atoms with Crippen LogP contribution in [-0.4, -0.2) is 28.0 Å². The predicted molar refractivity (Wildman–Crippen MR) is 72.0 cm³/mol. The highest BCUT2D eigenvalue weighted by atomic mass is 16.1. The van der Waals surface area contributed by atoms with E-state index in [4.69, 9.17) is 5.73 Å². The maximum atomic E-state index is 12.0. The van der Waals surface area contributed by atoms with Crippen LogP contribution in [0.5, 0.6) is 0 Å². The van der Waals surface area contributed by atoms with Gasteiger partial charge in [0.2, 0.25) is 5.91 Å². The lowest BCUT2D eigenvalue weighted by Crippen LogP contribution is -2.40. The van der Waals surface area contributed by atoms with Gasteiger partial charge in [0.25, 0.3) is 0 Å². The Bertz CT molecular complexity index is 373. The number of aryl methyl sites for hydroxylation is 1. The Hall–Kier alpha value is -1.36. The van der Waals surface area contributed by atoms with Crippen LogP contribution in [0.2, 0.25) is 0 Å². The van der Waals surface area contributed by atoms with Crippen molar-refractivity contribution in [3.05, 3.63) is 18.2 Å². The molecule has 1 amide bonds. The van der Waals surface area contributed by atoms with E-state index >= 15 is 0 Å². The molecule has 0 saturated heterocycles. The van der Waals surface area contributed by atoms with E-state index in [-0.39, 0.29) is 17.9 Å². The number of imidazole rings is 1. The van der Waals surface area contributed by atoms with Crippen LogP contribution < -0.4 is 11.1 Å². The molecule has 5 nitrogen and oxygen atoms in total. The topological polar surface area (TPSA) is 72.9 Å². The summed E-state index contributed by atoms with van der Waals surface area (Å²) in [7, 11) is 0. The molecule has 1 unspecified atom stereocenters. The van der Waals surface area contributed by atoms with Crippen LogP contribution >= 0.6 is 0 Å². The standard InChI is InChI=1S/C13H24N4O/c1-4-5-17-9-15-8-12(17)6-11(7-14)13(18)16-10(2)3/h8-11H,4-7,14H2,1-3H3,(H,16,18). The summed E-state index contributed by atoms with van der Waals surface area (Å²) in [5.41, 5.74) is 6.77. The summed E-state index contributed by atoms with van der Waals surface area (Å²) in [4.78, 5) is 16.1. The molecule has 1 atom stereocenters. The molecule has 1 aromatic rings. The lowest BCUT2D eigenvalue weighted by atomic mass is 10.0. The van der Waals surface area contributed by atoms with Gasteiger partial charge in [-0.15, -0.1) is 0 Å². The van der Waals surface area contributed by atoms with E-state index in [9.17, 15) is 4.79 Å². The number of carbonyl (C=O) groups excluding carboxylic acids is 1. The van der Waals surface area contributed by atoms with Crippen molar-refractivity contribution in [3.63, 3.8) is 0 Å². The van der Waals surface area contributed by atoms with Crippen LogP contribution in [0.15, 0.2) is 12.5 Å². The SMILES string of the molecule is CCCn1cncc1CC(CN)C(=O)NC(C)C. The number of hydrogen-bond acceptors (Lipinski definition) is 3. The van der Waals surface area contributed by atoms with Gasteiger partial charge >= 0.3 is 0 Å². The second-order valence-corrected chi connectivity index (χ2v) is 4.88. The monoisotopic (exact) mass is 252 g/mol. The van der Waals surface area contributed by atoms with Crippen molar-refractivity contribution in [2.24, 2.45) is 11.7 Å². The van der Waals surface area contributed by atoms with Crippen LogP contribution in [-0.2, 0) is 17.8 Å². The van der Waals surface area contributed by atoms with E-state index in [0.29, 0.717) is 13.0 Å². The van der Waals surface area contributed by atoms with Gasteiger partial charge in [-0.1, -0.05) is 6.92 Å². The maximum Gasteiger partial charge on any atom is 0.224 e. The van der Waals surface area contributed by atoms with Crippen molar-refractivity contribution in [1.82, 2.24) is 14.9 Å². The minimum atomic E-state index is -0.181. The number of nitrogens with one attached hydrogen (secondary N) is 1. The molecule has 0 radical (unpaired) electrons. The molecule has 0 aliphatic carbocycles. The molecule has 102 valence electrons. The average Bonchev–Trinajstić information content (AvgIpc) is 2.72. The quantitative estimate of drug-likeness (QED) is 0.758. The van der Waals surface area contributed by atoms with Crippen LogP contribution in [0.1, 0.15) is 32.9 Å². The van der Waals surface area contributed by atoms with E-state index in [1.54, 1.807) is 0 Å². The molecule has 1 aromatic heterocycles. The van der Waals surface area contributed by atoms with E-state index in [2.05, 4.69) is 21.8 Å². The molecule has 5 heteroatoms. The fourth-order valence-electron chi connectivity index (χ4n) is 1.90. The van der Waals surface area contributed by atoms with E-state index in [1.807, 2.05) is 26.4 Å². The Balaban J connectivity index is 2.67. The van der Waals surface area contributed by atoms with Gasteiger partial charge in [-0.3, -0.25) is 4.79 Å². The molecular weight excluding hydrogens is 228 g/mol. The first-order chi connectivity index (χ1) is 8.58. The summed E-state index contributed by atoms with van der Waals surface area (Å²) in [5.74, 6) is -0.156. The maximum absolute atomic E-state index is 12.0. The summed E-state index contributed by atoms with van der Waals surface area (Å²) in [6.07, 6.45) is 5.33. The zero-order valence-corrected chi connectivity index (χ0v) is 11.5. The third-order valence-electron chi connectivity index (χ3n) is 2.80. The largest absolute Gasteiger partial charge is 0.354 e. The molecule has 0 saturated carbocycles. The number of nitrogens with two attached hydrogens (primary N) is 1. The molecule has 0 fully saturated rings. The van der Waals surface area contributed by atoms with Gasteiger partial charge in [-0.25, -0.2) is 4.98 Å². The molecule has 0 aliphatic heterocycles. The molecule has 3 N–H and O–H groups in total. The molecule has 0 aromatic carbocycles. The van der Waals surface area contributed by atoms with Crippen molar-refractivity contribution < 1.29 is 4.79 Å². The van der Waals surface area contributed by atoms with Crippen molar-refractivity contribution >= 4 is 5.91 Å². The fourth-order valence-corrected chi connectivity index (χ4v) is 1.90. The number of hydrogen-bond donors (Lipinski definition) is 2. The highest BCUT2D eigenvalue weighted by Crippen LogP contribution is 2.09. The Labute approximate surface area is 109 Å². The summed E-state index contributed by atoms with van der Waals surface area (Å²) in [5, 5.41) is 2.91. The molecule has 1 rings (SSSR count). The van der Waals surface area contributed by atoms with Crippen molar-refractivity contribution in [1.29, 1.82) is 0 Å². The first-order valence-corrected chi connectivity index (χ1v) is 6.57. The lowest BCUT2D eigenvalue weighted by molar-refractivity contribution is -0.125. The first-order valence-electron chi connectivity index (χ1n) is 6.57. The van der Waals surface area contributed by atoms with Crippen molar-refractivity contribution in [2.75, 3.05) is 6.54 Å². The van der Waals surface area contributed by atoms with Gasteiger partial charge in [-0.2, -0.15) is 0 Å². The van der Waals surface area contributed by atoms with Gasteiger partial charge in [0.15, 0.2) is 0 Å². The first kappa shape index (κ1) is 14.7. The van der Waals surface area contributed by atoms with Crippen LogP contribution in [0, 0.1) is 5.92 Å². The average molecular weight is 252 g/mol. The van der Waals surface area contributed by atoms with E-state index < -0.39 is 0 Å². The highest BCUT2D eigenvalue weighted by molar-refractivity contribution is 5.79. The number of rotatable bonds is 7. The van der Waals surface area contributed by atoms with Gasteiger partial charge in [0.1, 0.15) is 0 Å². The minimum absolute atomic E-state index is 0.0248. The minimum Gasteiger partial charge on any atom is -0.354 e. The van der Waals surface area contributed by atoms with Gasteiger partial charge in [-0.05, 0) is 20.3 Å². The Kier molecular flexibility index (Phi) is 5.85. The summed E-state index contributed by atoms with van der Waals surface area (Å²) < 4.78 is 2.09. The lowest BCUT2D eigenvalue weighted by Gasteiger charge is -2.17. The molecule has 0 bridgehead atoms. The molecule has 0 aliphatic rings. The smallest absolute Gasteiger partial charge is 0.224 e. The number of amides is 1. The second kappa shape index (κ2) is 7.16. The number of carbonyl (C=O) groups is 1. The normalized spacial score (nSPS) is 12.7. The summed E-state index contributed by atoms with van der Waals surface area (Å²) in [6, 6.07) is 0.145. The zero-order chi connectivity index (χ0) is 13.5. The van der Waals surface area contributed by atoms with Crippen LogP contribution in [0.4, 0.5) is 0 Å². The van der Waals surface area contributed by atoms with Crippen molar-refractivity contribution in [2.45, 2.75) is 46.2 Å². The molecule has 0 spiro atoms. The highest BCUT2D eigenvalue weighted by Gasteiger charge is 2.19. The third-order valence-corrected chi connectivity index (χ3v) is 2.80. The summed E-state index contributed by atoms with van der Waals surface area (Å²) >= 11 is 0. The van der Waals surface area contributed by atoms with E-state index in [1.165, 1.54) is 0 Å². The zero-order valence-electron chi connectivity index (χ0n) is 11.5. The van der Waals surface area contributed by atoms with Crippen LogP contribution in [0.25, 0.3) is 0 Å². The summed E-state index contributed by atoms with van der Waals surface area (Å²) in [6.45, 7) is 7.31. The van der Waals surface area contributed by atoms with Crippen LogP contribution in [0.3, 0.4) is 0 Å². The van der Waals surface area contributed by atoms with Gasteiger partial charge < -0.3 is 15.6 Å². The Morgan fingerprint density at radius 1 is 1.56 bits per heavy atom. The predicted octanol–water partition coefficient (Wildman–Crippen LogP) is 0.935. The second-order valence-electron chi connectivity index (χ2n) is 4.88. The third kappa shape index (κ3) is 4.14. The molecule has 18 heavy (non-hydrogen) atoms. The van der Waals surface area contributed by atoms with Gasteiger partial charge in [0, 0.05) is 37.4 Å². The molecule has 1 heterocycles. The van der Waals surface area contributed by atoms with E-state index in [0.717, 1.165) is 18.7 Å². The number of aromatic nitrogens is 2. The Morgan fingerprint density at radius 2 is 2.28 bits per heavy atom. The Morgan fingerprint density at radius 3 is 2.83 bits per heavy atom. The fraction of sp³-hybridized carbons (Fsp3) is 0.692. The number of nitrogens with zero attached hydrogens (tertiary/aromatic N) is 2.